The second kappa shape index (κ2) is 12.0. The van der Waals surface area contributed by atoms with Crippen molar-refractivity contribution in [3.63, 3.8) is 0 Å². The Kier molecular flexibility index (Phi) is 10.4. The van der Waals surface area contributed by atoms with Crippen LogP contribution in [0.4, 0.5) is 0 Å². The third kappa shape index (κ3) is 6.81. The zero-order chi connectivity index (χ0) is 20.4. The number of aliphatic imine (C=N–C) groups is 1. The van der Waals surface area contributed by atoms with Crippen LogP contribution in [0.3, 0.4) is 0 Å². The molecule has 27 heavy (non-hydrogen) atoms. The lowest BCUT2D eigenvalue weighted by Gasteiger charge is -2.17. The van der Waals surface area contributed by atoms with Gasteiger partial charge in [0.05, 0.1) is 5.03 Å². The molecule has 1 aromatic carbocycles. The predicted molar refractivity (Wildman–Crippen MR) is 124 cm³/mol. The average molecular weight is 386 g/mol. The van der Waals surface area contributed by atoms with Crippen LogP contribution in [0.5, 0.6) is 0 Å². The molecular weight excluding hydrogens is 350 g/mol. The molecule has 0 N–H and O–H groups in total. The normalized spacial score (nSPS) is 14.8. The van der Waals surface area contributed by atoms with Crippen molar-refractivity contribution in [2.24, 2.45) is 10.9 Å². The van der Waals surface area contributed by atoms with E-state index in [1.165, 1.54) is 29.5 Å². The van der Waals surface area contributed by atoms with E-state index < -0.39 is 0 Å². The number of benzene rings is 1. The minimum atomic E-state index is 0.461. The van der Waals surface area contributed by atoms with Crippen LogP contribution in [-0.2, 0) is 6.42 Å². The van der Waals surface area contributed by atoms with E-state index in [4.69, 9.17) is 11.6 Å². The number of nitrogens with zero attached hydrogens (tertiary/aromatic N) is 1. The molecule has 0 bridgehead atoms. The smallest absolute Gasteiger partial charge is 0.0666 e. The number of unbranched alkanes of at least 4 members (excludes halogenated alkanes) is 1. The summed E-state index contributed by atoms with van der Waals surface area (Å²) in [5.74, 6) is 0.461. The van der Waals surface area contributed by atoms with Gasteiger partial charge in [-0.05, 0) is 62.1 Å². The van der Waals surface area contributed by atoms with Gasteiger partial charge in [-0.15, -0.1) is 0 Å². The monoisotopic (exact) mass is 385 g/mol. The van der Waals surface area contributed by atoms with Crippen molar-refractivity contribution >= 4 is 22.9 Å². The number of hydrogen-bond donors (Lipinski definition) is 0. The summed E-state index contributed by atoms with van der Waals surface area (Å²) in [5, 5.41) is 0.673. The average Bonchev–Trinajstić information content (AvgIpc) is 2.69. The molecule has 1 nitrogen and oxygen atoms in total. The molecule has 0 fully saturated rings. The molecule has 1 aromatic rings. The van der Waals surface area contributed by atoms with Crippen molar-refractivity contribution in [1.29, 1.82) is 0 Å². The van der Waals surface area contributed by atoms with Gasteiger partial charge in [-0.1, -0.05) is 82.1 Å². The molecule has 0 saturated heterocycles. The quantitative estimate of drug-likeness (QED) is 0.283. The van der Waals surface area contributed by atoms with Crippen LogP contribution in [0.2, 0.25) is 0 Å². The summed E-state index contributed by atoms with van der Waals surface area (Å²) in [5.41, 5.74) is 6.92. The van der Waals surface area contributed by atoms with Gasteiger partial charge in [0.25, 0.3) is 0 Å². The third-order valence-corrected chi connectivity index (χ3v) is 5.63. The Morgan fingerprint density at radius 2 is 1.85 bits per heavy atom. The highest BCUT2D eigenvalue weighted by molar-refractivity contribution is 6.33. The predicted octanol–water partition coefficient (Wildman–Crippen LogP) is 8.36. The molecular formula is C25H36ClN. The molecule has 0 heterocycles. The maximum absolute atomic E-state index is 6.75. The zero-order valence-electron chi connectivity index (χ0n) is 18.0. The van der Waals surface area contributed by atoms with E-state index in [0.29, 0.717) is 11.0 Å². The van der Waals surface area contributed by atoms with Gasteiger partial charge in [0.1, 0.15) is 0 Å². The van der Waals surface area contributed by atoms with Crippen molar-refractivity contribution < 1.29 is 0 Å². The first-order valence-corrected chi connectivity index (χ1v) is 10.6. The van der Waals surface area contributed by atoms with Crippen LogP contribution < -0.4 is 0 Å². The molecule has 0 aromatic heterocycles. The van der Waals surface area contributed by atoms with Crippen molar-refractivity contribution in [3.05, 3.63) is 64.3 Å². The number of aryl methyl sites for hydroxylation is 1. The third-order valence-electron chi connectivity index (χ3n) is 5.35. The van der Waals surface area contributed by atoms with E-state index >= 15 is 0 Å². The van der Waals surface area contributed by atoms with Gasteiger partial charge < -0.3 is 0 Å². The number of rotatable bonds is 10. The Balaban J connectivity index is 3.32. The van der Waals surface area contributed by atoms with Crippen LogP contribution in [0.15, 0.2) is 58.2 Å². The fourth-order valence-corrected chi connectivity index (χ4v) is 3.29. The fraction of sp³-hybridized carbons (Fsp3) is 0.480. The van der Waals surface area contributed by atoms with Gasteiger partial charge in [-0.2, -0.15) is 0 Å². The Labute approximate surface area is 171 Å². The minimum Gasteiger partial charge on any atom is -0.264 e. The van der Waals surface area contributed by atoms with Gasteiger partial charge in [0.2, 0.25) is 0 Å². The second-order valence-corrected chi connectivity index (χ2v) is 7.71. The van der Waals surface area contributed by atoms with Crippen molar-refractivity contribution in [1.82, 2.24) is 0 Å². The maximum Gasteiger partial charge on any atom is 0.0666 e. The highest BCUT2D eigenvalue weighted by atomic mass is 35.5. The molecule has 2 heteroatoms. The fourth-order valence-electron chi connectivity index (χ4n) is 2.96. The summed E-state index contributed by atoms with van der Waals surface area (Å²) in [6.45, 7) is 17.4. The first-order chi connectivity index (χ1) is 12.9. The largest absolute Gasteiger partial charge is 0.264 e. The van der Waals surface area contributed by atoms with Gasteiger partial charge in [0.15, 0.2) is 0 Å². The number of hydrogen-bond acceptors (Lipinski definition) is 1. The summed E-state index contributed by atoms with van der Waals surface area (Å²) in [4.78, 5) is 4.63. The Morgan fingerprint density at radius 1 is 1.19 bits per heavy atom. The van der Waals surface area contributed by atoms with Crippen LogP contribution in [-0.4, -0.2) is 5.71 Å². The summed E-state index contributed by atoms with van der Waals surface area (Å²) in [6.07, 6.45) is 7.24. The molecule has 0 saturated carbocycles. The highest BCUT2D eigenvalue weighted by Crippen LogP contribution is 2.35. The molecule has 0 radical (unpaired) electrons. The SMILES string of the molecule is C=C(C(=C(\C)CC)/C(Cl)=C\N=C(/C)C(C)CC)c1ccccc1CCCC. The molecule has 0 aliphatic carbocycles. The molecule has 0 aliphatic rings. The van der Waals surface area contributed by atoms with Crippen LogP contribution in [0.1, 0.15) is 78.4 Å². The molecule has 1 atom stereocenters. The van der Waals surface area contributed by atoms with Crippen LogP contribution in [0, 0.1) is 5.92 Å². The lowest BCUT2D eigenvalue weighted by molar-refractivity contribution is 0.736. The molecule has 1 rings (SSSR count). The first kappa shape index (κ1) is 23.4. The minimum absolute atomic E-state index is 0.461. The first-order valence-electron chi connectivity index (χ1n) is 10.2. The molecule has 0 aliphatic heterocycles. The molecule has 148 valence electrons. The van der Waals surface area contributed by atoms with Crippen molar-refractivity contribution in [2.75, 3.05) is 0 Å². The Morgan fingerprint density at radius 3 is 2.44 bits per heavy atom. The summed E-state index contributed by atoms with van der Waals surface area (Å²) < 4.78 is 0. The van der Waals surface area contributed by atoms with E-state index in [-0.39, 0.29) is 0 Å². The van der Waals surface area contributed by atoms with Gasteiger partial charge in [-0.3, -0.25) is 4.99 Å². The van der Waals surface area contributed by atoms with Crippen molar-refractivity contribution in [2.45, 2.75) is 73.6 Å². The van der Waals surface area contributed by atoms with E-state index in [0.717, 1.165) is 36.1 Å². The molecule has 1 unspecified atom stereocenters. The summed E-state index contributed by atoms with van der Waals surface area (Å²) >= 11 is 6.75. The van der Waals surface area contributed by atoms with E-state index in [1.807, 2.05) is 0 Å². The van der Waals surface area contributed by atoms with Crippen LogP contribution >= 0.6 is 11.6 Å². The van der Waals surface area contributed by atoms with E-state index in [9.17, 15) is 0 Å². The highest BCUT2D eigenvalue weighted by Gasteiger charge is 2.15. The second-order valence-electron chi connectivity index (χ2n) is 7.30. The zero-order valence-corrected chi connectivity index (χ0v) is 18.8. The lowest BCUT2D eigenvalue weighted by atomic mass is 9.90. The van der Waals surface area contributed by atoms with Gasteiger partial charge in [-0.25, -0.2) is 0 Å². The summed E-state index contributed by atoms with van der Waals surface area (Å²) in [7, 11) is 0. The van der Waals surface area contributed by atoms with Gasteiger partial charge in [0, 0.05) is 17.5 Å². The van der Waals surface area contributed by atoms with Crippen molar-refractivity contribution in [3.8, 4) is 0 Å². The van der Waals surface area contributed by atoms with Crippen LogP contribution in [0.25, 0.3) is 5.57 Å². The maximum atomic E-state index is 6.75. The Hall–Kier alpha value is -1.60. The number of halogens is 1. The standard InChI is InChI=1S/C25H36ClN/c1-8-11-14-22-15-12-13-16-23(22)20(6)25(19(5)10-3)24(26)17-27-21(7)18(4)9-2/h12-13,15-18H,6,8-11,14H2,1-5,7H3/b24-17+,25-19-,27-21+. The summed E-state index contributed by atoms with van der Waals surface area (Å²) in [6, 6.07) is 8.55. The number of allylic oxidation sites excluding steroid dienone is 4. The molecule has 0 amide bonds. The van der Waals surface area contributed by atoms with E-state index in [2.05, 4.69) is 77.4 Å². The molecule has 0 spiro atoms. The van der Waals surface area contributed by atoms with Gasteiger partial charge >= 0.3 is 0 Å². The topological polar surface area (TPSA) is 12.4 Å². The van der Waals surface area contributed by atoms with E-state index in [1.54, 1.807) is 6.20 Å². The Bertz CT molecular complexity index is 722. The lowest BCUT2D eigenvalue weighted by Crippen LogP contribution is -2.04.